The summed E-state index contributed by atoms with van der Waals surface area (Å²) in [6.45, 7) is 3.24. The molecule has 23 heavy (non-hydrogen) atoms. The molecule has 3 heterocycles. The maximum atomic E-state index is 6.42. The van der Waals surface area contributed by atoms with Gasteiger partial charge in [0.1, 0.15) is 5.82 Å². The van der Waals surface area contributed by atoms with Crippen molar-refractivity contribution in [1.29, 1.82) is 0 Å². The Morgan fingerprint density at radius 1 is 1.22 bits per heavy atom. The number of aromatic nitrogens is 2. The van der Waals surface area contributed by atoms with Gasteiger partial charge in [-0.3, -0.25) is 0 Å². The van der Waals surface area contributed by atoms with Crippen LogP contribution in [0.4, 0.5) is 5.82 Å². The first-order valence-electron chi connectivity index (χ1n) is 8.13. The highest BCUT2D eigenvalue weighted by Crippen LogP contribution is 2.38. The van der Waals surface area contributed by atoms with Crippen LogP contribution in [0.2, 0.25) is 10.0 Å². The van der Waals surface area contributed by atoms with E-state index in [9.17, 15) is 0 Å². The van der Waals surface area contributed by atoms with E-state index >= 15 is 0 Å². The van der Waals surface area contributed by atoms with Gasteiger partial charge in [0.05, 0.1) is 21.4 Å². The zero-order valence-electron chi connectivity index (χ0n) is 13.1. The third kappa shape index (κ3) is 2.63. The lowest BCUT2D eigenvalue weighted by Crippen LogP contribution is -2.29. The number of piperidine rings is 1. The molecule has 6 heteroatoms. The Morgan fingerprint density at radius 2 is 2.00 bits per heavy atom. The number of anilines is 1. The summed E-state index contributed by atoms with van der Waals surface area (Å²) >= 11 is 12.6. The van der Waals surface area contributed by atoms with Crippen molar-refractivity contribution < 1.29 is 0 Å². The molecule has 2 aromatic rings. The minimum Gasteiger partial charge on any atom is -0.369 e. The number of halogens is 2. The normalized spacial score (nSPS) is 18.9. The predicted molar refractivity (Wildman–Crippen MR) is 95.2 cm³/mol. The largest absolute Gasteiger partial charge is 0.369 e. The van der Waals surface area contributed by atoms with Crippen LogP contribution in [0.5, 0.6) is 0 Å². The molecule has 4 nitrogen and oxygen atoms in total. The minimum atomic E-state index is 0.541. The second kappa shape index (κ2) is 6.00. The van der Waals surface area contributed by atoms with Crippen LogP contribution in [-0.2, 0) is 6.42 Å². The van der Waals surface area contributed by atoms with Gasteiger partial charge >= 0.3 is 0 Å². The molecule has 0 unspecified atom stereocenters. The first-order valence-corrected chi connectivity index (χ1v) is 8.89. The van der Waals surface area contributed by atoms with Crippen LogP contribution in [0.25, 0.3) is 5.69 Å². The van der Waals surface area contributed by atoms with E-state index in [1.165, 1.54) is 24.1 Å². The monoisotopic (exact) mass is 350 g/mol. The lowest BCUT2D eigenvalue weighted by atomic mass is 9.91. The number of hydrogen-bond acceptors (Lipinski definition) is 3. The third-order valence-corrected chi connectivity index (χ3v) is 5.76. The van der Waals surface area contributed by atoms with E-state index in [4.69, 9.17) is 28.3 Å². The van der Waals surface area contributed by atoms with E-state index in [0.29, 0.717) is 16.0 Å². The van der Waals surface area contributed by atoms with E-state index in [1.807, 2.05) is 22.9 Å². The van der Waals surface area contributed by atoms with Gasteiger partial charge in [-0.2, -0.15) is 5.10 Å². The number of likely N-dealkylation sites (tertiary alicyclic amines) is 1. The highest BCUT2D eigenvalue weighted by atomic mass is 35.5. The van der Waals surface area contributed by atoms with Gasteiger partial charge in [-0.15, -0.1) is 0 Å². The topological polar surface area (TPSA) is 33.1 Å². The summed E-state index contributed by atoms with van der Waals surface area (Å²) in [5.41, 5.74) is 3.45. The Labute approximate surface area is 146 Å². The number of fused-ring (bicyclic) bond motifs is 1. The Hall–Kier alpha value is -1.23. The van der Waals surface area contributed by atoms with Crippen LogP contribution < -0.4 is 5.32 Å². The van der Waals surface area contributed by atoms with Crippen molar-refractivity contribution in [3.63, 3.8) is 0 Å². The van der Waals surface area contributed by atoms with Crippen molar-refractivity contribution >= 4 is 29.0 Å². The summed E-state index contributed by atoms with van der Waals surface area (Å²) < 4.78 is 1.95. The van der Waals surface area contributed by atoms with Crippen LogP contribution in [0.3, 0.4) is 0 Å². The van der Waals surface area contributed by atoms with Gasteiger partial charge in [-0.05, 0) is 51.5 Å². The average Bonchev–Trinajstić information content (AvgIpc) is 3.14. The summed E-state index contributed by atoms with van der Waals surface area (Å²) in [7, 11) is 2.19. The molecule has 0 atom stereocenters. The molecule has 0 radical (unpaired) electrons. The standard InChI is InChI=1S/C17H20Cl2N4/c1-22-9-6-11(7-10-22)16-12-5-8-20-17(12)23(21-16)14-4-2-3-13(18)15(14)19/h2-4,11,20H,5-10H2,1H3. The molecule has 0 amide bonds. The Kier molecular flexibility index (Phi) is 4.00. The number of nitrogens with one attached hydrogen (secondary N) is 1. The van der Waals surface area contributed by atoms with Crippen molar-refractivity contribution in [3.8, 4) is 5.69 Å². The summed E-state index contributed by atoms with van der Waals surface area (Å²) in [6.07, 6.45) is 3.38. The molecule has 122 valence electrons. The Balaban J connectivity index is 1.77. The van der Waals surface area contributed by atoms with Gasteiger partial charge in [0, 0.05) is 18.0 Å². The van der Waals surface area contributed by atoms with E-state index < -0.39 is 0 Å². The second-order valence-electron chi connectivity index (χ2n) is 6.45. The number of rotatable bonds is 2. The van der Waals surface area contributed by atoms with Crippen LogP contribution in [0, 0.1) is 0 Å². The fourth-order valence-corrected chi connectivity index (χ4v) is 4.02. The van der Waals surface area contributed by atoms with Crippen molar-refractivity contribution in [2.24, 2.45) is 0 Å². The molecule has 0 saturated carbocycles. The molecule has 1 saturated heterocycles. The maximum absolute atomic E-state index is 6.42. The van der Waals surface area contributed by atoms with Crippen LogP contribution >= 0.6 is 23.2 Å². The molecule has 0 aliphatic carbocycles. The average molecular weight is 351 g/mol. The molecule has 0 spiro atoms. The van der Waals surface area contributed by atoms with E-state index in [2.05, 4.69) is 17.3 Å². The fraction of sp³-hybridized carbons (Fsp3) is 0.471. The van der Waals surface area contributed by atoms with E-state index in [-0.39, 0.29) is 0 Å². The zero-order valence-corrected chi connectivity index (χ0v) is 14.7. The van der Waals surface area contributed by atoms with Gasteiger partial charge < -0.3 is 10.2 Å². The molecule has 2 aliphatic heterocycles. The van der Waals surface area contributed by atoms with Gasteiger partial charge in [-0.1, -0.05) is 29.3 Å². The lowest BCUT2D eigenvalue weighted by Gasteiger charge is -2.28. The van der Waals surface area contributed by atoms with Gasteiger partial charge in [-0.25, -0.2) is 4.68 Å². The van der Waals surface area contributed by atoms with Crippen molar-refractivity contribution in [1.82, 2.24) is 14.7 Å². The quantitative estimate of drug-likeness (QED) is 0.889. The van der Waals surface area contributed by atoms with E-state index in [0.717, 1.165) is 37.6 Å². The fourth-order valence-electron chi connectivity index (χ4n) is 3.64. The molecule has 2 aliphatic rings. The highest BCUT2D eigenvalue weighted by molar-refractivity contribution is 6.43. The van der Waals surface area contributed by atoms with Gasteiger partial charge in [0.25, 0.3) is 0 Å². The smallest absolute Gasteiger partial charge is 0.133 e. The lowest BCUT2D eigenvalue weighted by molar-refractivity contribution is 0.252. The molecule has 1 fully saturated rings. The number of benzene rings is 1. The summed E-state index contributed by atoms with van der Waals surface area (Å²) in [5, 5.41) is 9.54. The molecular weight excluding hydrogens is 331 g/mol. The minimum absolute atomic E-state index is 0.541. The Morgan fingerprint density at radius 3 is 2.78 bits per heavy atom. The molecule has 1 N–H and O–H groups in total. The molecule has 1 aromatic carbocycles. The maximum Gasteiger partial charge on any atom is 0.133 e. The second-order valence-corrected chi connectivity index (χ2v) is 7.24. The van der Waals surface area contributed by atoms with Gasteiger partial charge in [0.15, 0.2) is 0 Å². The molecular formula is C17H20Cl2N4. The van der Waals surface area contributed by atoms with Crippen molar-refractivity contribution in [3.05, 3.63) is 39.5 Å². The summed E-state index contributed by atoms with van der Waals surface area (Å²) in [6, 6.07) is 5.70. The molecule has 0 bridgehead atoms. The molecule has 4 rings (SSSR count). The number of nitrogens with zero attached hydrogens (tertiary/aromatic N) is 3. The molecule has 1 aromatic heterocycles. The SMILES string of the molecule is CN1CCC(c2nn(-c3cccc(Cl)c3Cl)c3c2CCN3)CC1. The van der Waals surface area contributed by atoms with Crippen LogP contribution in [0.15, 0.2) is 18.2 Å². The van der Waals surface area contributed by atoms with Crippen molar-refractivity contribution in [2.45, 2.75) is 25.2 Å². The zero-order chi connectivity index (χ0) is 16.0. The van der Waals surface area contributed by atoms with Crippen molar-refractivity contribution in [2.75, 3.05) is 32.0 Å². The first-order chi connectivity index (χ1) is 11.1. The van der Waals surface area contributed by atoms with E-state index in [1.54, 1.807) is 0 Å². The van der Waals surface area contributed by atoms with Crippen LogP contribution in [-0.4, -0.2) is 41.4 Å². The number of hydrogen-bond donors (Lipinski definition) is 1. The summed E-state index contributed by atoms with van der Waals surface area (Å²) in [4.78, 5) is 2.39. The Bertz CT molecular complexity index is 732. The first kappa shape index (κ1) is 15.3. The summed E-state index contributed by atoms with van der Waals surface area (Å²) in [5.74, 6) is 1.63. The highest BCUT2D eigenvalue weighted by Gasteiger charge is 2.30. The predicted octanol–water partition coefficient (Wildman–Crippen LogP) is 3.96. The van der Waals surface area contributed by atoms with Gasteiger partial charge in [0.2, 0.25) is 0 Å². The third-order valence-electron chi connectivity index (χ3n) is 4.95. The van der Waals surface area contributed by atoms with Crippen LogP contribution in [0.1, 0.15) is 30.0 Å².